The maximum absolute atomic E-state index is 12.1. The van der Waals surface area contributed by atoms with Gasteiger partial charge in [0, 0.05) is 57.1 Å². The molecule has 2 aromatic heterocycles. The Morgan fingerprint density at radius 3 is 2.66 bits per heavy atom. The average molecular weight is 521 g/mol. The van der Waals surface area contributed by atoms with Crippen molar-refractivity contribution in [1.29, 1.82) is 0 Å². The van der Waals surface area contributed by atoms with Gasteiger partial charge in [-0.2, -0.15) is 4.98 Å². The summed E-state index contributed by atoms with van der Waals surface area (Å²) in [6.07, 6.45) is 4.19. The minimum Gasteiger partial charge on any atom is -0.451 e. The number of carbonyl (C=O) groups is 2. The number of aldehydes is 1. The first-order chi connectivity index (χ1) is 18.4. The van der Waals surface area contributed by atoms with Crippen LogP contribution in [0.2, 0.25) is 0 Å². The number of hydrogen-bond donors (Lipinski definition) is 2. The largest absolute Gasteiger partial charge is 0.451 e. The number of carbonyl (C=O) groups excluding carboxylic acids is 2. The predicted octanol–water partition coefficient (Wildman–Crippen LogP) is 2.47. The van der Waals surface area contributed by atoms with Crippen molar-refractivity contribution in [2.45, 2.75) is 32.3 Å². The lowest BCUT2D eigenvalue weighted by Gasteiger charge is -2.33. The summed E-state index contributed by atoms with van der Waals surface area (Å²) in [6, 6.07) is 5.43. The molecule has 3 aromatic rings. The number of esters is 1. The van der Waals surface area contributed by atoms with Gasteiger partial charge in [-0.1, -0.05) is 0 Å². The molecule has 1 saturated heterocycles. The van der Waals surface area contributed by atoms with Gasteiger partial charge >= 0.3 is 5.97 Å². The Labute approximate surface area is 220 Å². The van der Waals surface area contributed by atoms with E-state index >= 15 is 0 Å². The van der Waals surface area contributed by atoms with Gasteiger partial charge in [-0.15, -0.1) is 10.2 Å². The van der Waals surface area contributed by atoms with Crippen LogP contribution < -0.4 is 10.6 Å². The molecule has 0 unspecified atom stereocenters. The van der Waals surface area contributed by atoms with Crippen molar-refractivity contribution in [1.82, 2.24) is 30.0 Å². The molecule has 0 amide bonds. The van der Waals surface area contributed by atoms with Gasteiger partial charge < -0.3 is 29.5 Å². The smallest absolute Gasteiger partial charge is 0.339 e. The third kappa shape index (κ3) is 5.50. The summed E-state index contributed by atoms with van der Waals surface area (Å²) in [5.74, 6) is 1.54. The molecule has 0 saturated carbocycles. The Hall–Kier alpha value is -3.90. The van der Waals surface area contributed by atoms with E-state index in [0.717, 1.165) is 56.7 Å². The van der Waals surface area contributed by atoms with Crippen molar-refractivity contribution in [3.05, 3.63) is 41.4 Å². The van der Waals surface area contributed by atoms with Crippen LogP contribution >= 0.6 is 0 Å². The van der Waals surface area contributed by atoms with Crippen LogP contribution in [-0.4, -0.2) is 88.5 Å². The van der Waals surface area contributed by atoms with E-state index in [1.807, 2.05) is 19.9 Å². The number of benzene rings is 1. The first kappa shape index (κ1) is 25.7. The van der Waals surface area contributed by atoms with Crippen LogP contribution in [0.1, 0.15) is 42.1 Å². The molecular weight excluding hydrogens is 488 g/mol. The van der Waals surface area contributed by atoms with Crippen molar-refractivity contribution in [3.63, 3.8) is 0 Å². The lowest BCUT2D eigenvalue weighted by molar-refractivity contribution is -0.109. The number of aryl methyl sites for hydroxylation is 1. The van der Waals surface area contributed by atoms with Gasteiger partial charge in [0.2, 0.25) is 11.8 Å². The van der Waals surface area contributed by atoms with Gasteiger partial charge in [-0.25, -0.2) is 9.78 Å². The van der Waals surface area contributed by atoms with E-state index in [-0.39, 0.29) is 5.97 Å². The highest BCUT2D eigenvalue weighted by Crippen LogP contribution is 2.37. The normalized spacial score (nSPS) is 17.2. The van der Waals surface area contributed by atoms with Crippen LogP contribution in [0.4, 0.5) is 17.5 Å². The summed E-state index contributed by atoms with van der Waals surface area (Å²) < 4.78 is 11.4. The lowest BCUT2D eigenvalue weighted by atomic mass is 9.95. The molecule has 4 heterocycles. The van der Waals surface area contributed by atoms with E-state index in [4.69, 9.17) is 9.15 Å². The molecule has 0 radical (unpaired) electrons. The number of aromatic nitrogens is 4. The number of anilines is 3. The van der Waals surface area contributed by atoms with Crippen molar-refractivity contribution in [2.75, 3.05) is 56.9 Å². The summed E-state index contributed by atoms with van der Waals surface area (Å²) in [4.78, 5) is 36.3. The van der Waals surface area contributed by atoms with E-state index in [9.17, 15) is 9.59 Å². The van der Waals surface area contributed by atoms with Gasteiger partial charge in [0.25, 0.3) is 5.89 Å². The van der Waals surface area contributed by atoms with E-state index in [1.54, 1.807) is 25.4 Å². The quantitative estimate of drug-likeness (QED) is 0.300. The van der Waals surface area contributed by atoms with E-state index in [0.29, 0.717) is 47.6 Å². The van der Waals surface area contributed by atoms with Crippen LogP contribution in [0.15, 0.2) is 28.8 Å². The maximum atomic E-state index is 12.1. The molecular formula is C26H32N8O4. The summed E-state index contributed by atoms with van der Waals surface area (Å²) in [6.45, 7) is 8.93. The van der Waals surface area contributed by atoms with Gasteiger partial charge in [0.1, 0.15) is 17.7 Å². The Kier molecular flexibility index (Phi) is 7.34. The number of nitrogens with one attached hydrogen (secondary N) is 2. The second-order valence-electron chi connectivity index (χ2n) is 9.90. The second kappa shape index (κ2) is 10.8. The fourth-order valence-corrected chi connectivity index (χ4v) is 4.78. The van der Waals surface area contributed by atoms with Crippen molar-refractivity contribution >= 4 is 29.7 Å². The Balaban J connectivity index is 1.20. The summed E-state index contributed by atoms with van der Waals surface area (Å²) in [5, 5.41) is 14.7. The first-order valence-corrected chi connectivity index (χ1v) is 12.8. The second-order valence-corrected chi connectivity index (χ2v) is 9.90. The average Bonchev–Trinajstić information content (AvgIpc) is 3.46. The van der Waals surface area contributed by atoms with Gasteiger partial charge in [-0.05, 0) is 45.0 Å². The summed E-state index contributed by atoms with van der Waals surface area (Å²) in [7, 11) is 1.77. The third-order valence-corrected chi connectivity index (χ3v) is 6.88. The maximum Gasteiger partial charge on any atom is 0.339 e. The molecule has 2 N–H and O–H groups in total. The molecule has 2 aliphatic heterocycles. The third-order valence-electron chi connectivity index (χ3n) is 6.88. The van der Waals surface area contributed by atoms with E-state index in [1.165, 1.54) is 0 Å². The standard InChI is InChI=1S/C26H32N8O4/c1-26(2)20-15-17(6-7-18(20)24(36)38-26)29-25-28-16-19(22(27-3)30-25)23-32-31-21(37-23)5-4-8-33-9-11-34(12-10-33)13-14-35/h6-7,14-16H,4-5,8-13H2,1-3H3,(H2,27,28,29,30). The fourth-order valence-electron chi connectivity index (χ4n) is 4.78. The highest BCUT2D eigenvalue weighted by Gasteiger charge is 2.37. The SMILES string of the molecule is CNc1nc(Nc2ccc3c(c2)C(C)(C)OC3=O)ncc1-c1nnc(CCCN2CCN(CC=O)CC2)o1. The van der Waals surface area contributed by atoms with Crippen LogP contribution in [0.3, 0.4) is 0 Å². The monoisotopic (exact) mass is 520 g/mol. The minimum atomic E-state index is -0.688. The molecule has 38 heavy (non-hydrogen) atoms. The van der Waals surface area contributed by atoms with Crippen LogP contribution in [0.5, 0.6) is 0 Å². The summed E-state index contributed by atoms with van der Waals surface area (Å²) in [5.41, 5.74) is 2.05. The molecule has 12 nitrogen and oxygen atoms in total. The Bertz CT molecular complexity index is 1320. The summed E-state index contributed by atoms with van der Waals surface area (Å²) >= 11 is 0. The lowest BCUT2D eigenvalue weighted by Crippen LogP contribution is -2.47. The Morgan fingerprint density at radius 2 is 1.89 bits per heavy atom. The van der Waals surface area contributed by atoms with Gasteiger partial charge in [-0.3, -0.25) is 4.90 Å². The number of ether oxygens (including phenoxy) is 1. The predicted molar refractivity (Wildman–Crippen MR) is 140 cm³/mol. The first-order valence-electron chi connectivity index (χ1n) is 12.8. The topological polar surface area (TPSA) is 139 Å². The zero-order chi connectivity index (χ0) is 26.7. The Morgan fingerprint density at radius 1 is 1.11 bits per heavy atom. The zero-order valence-electron chi connectivity index (χ0n) is 21.9. The highest BCUT2D eigenvalue weighted by molar-refractivity contribution is 5.95. The van der Waals surface area contributed by atoms with Crippen LogP contribution in [0.25, 0.3) is 11.5 Å². The molecule has 0 spiro atoms. The van der Waals surface area contributed by atoms with E-state index < -0.39 is 5.60 Å². The molecule has 200 valence electrons. The molecule has 5 rings (SSSR count). The number of hydrogen-bond acceptors (Lipinski definition) is 12. The van der Waals surface area contributed by atoms with Crippen molar-refractivity contribution in [3.8, 4) is 11.5 Å². The fraction of sp³-hybridized carbons (Fsp3) is 0.462. The molecule has 1 fully saturated rings. The minimum absolute atomic E-state index is 0.317. The number of rotatable bonds is 10. The number of cyclic esters (lactones) is 1. The highest BCUT2D eigenvalue weighted by atomic mass is 16.6. The number of piperazine rings is 1. The van der Waals surface area contributed by atoms with Crippen molar-refractivity contribution in [2.24, 2.45) is 0 Å². The molecule has 2 aliphatic rings. The molecule has 1 aromatic carbocycles. The van der Waals surface area contributed by atoms with Crippen LogP contribution in [-0.2, 0) is 21.6 Å². The van der Waals surface area contributed by atoms with Gasteiger partial charge in [0.15, 0.2) is 0 Å². The van der Waals surface area contributed by atoms with Crippen LogP contribution in [0, 0.1) is 0 Å². The van der Waals surface area contributed by atoms with E-state index in [2.05, 4.69) is 40.6 Å². The number of nitrogens with zero attached hydrogens (tertiary/aromatic N) is 6. The zero-order valence-corrected chi connectivity index (χ0v) is 21.9. The molecule has 0 aliphatic carbocycles. The number of fused-ring (bicyclic) bond motifs is 1. The molecule has 12 heteroatoms. The molecule has 0 atom stereocenters. The van der Waals surface area contributed by atoms with Crippen molar-refractivity contribution < 1.29 is 18.7 Å². The molecule has 0 bridgehead atoms. The van der Waals surface area contributed by atoms with Gasteiger partial charge in [0.05, 0.1) is 17.7 Å².